The molecule has 0 radical (unpaired) electrons. The number of carbonyl (C=O) groups is 3. The van der Waals surface area contributed by atoms with Gasteiger partial charge in [-0.15, -0.1) is 10.2 Å². The van der Waals surface area contributed by atoms with Crippen molar-refractivity contribution in [3.05, 3.63) is 65.5 Å². The van der Waals surface area contributed by atoms with Crippen molar-refractivity contribution < 1.29 is 14.4 Å². The van der Waals surface area contributed by atoms with Gasteiger partial charge >= 0.3 is 6.03 Å². The van der Waals surface area contributed by atoms with E-state index in [2.05, 4.69) is 26.1 Å². The number of thioether (sulfide) groups is 1. The fourth-order valence-electron chi connectivity index (χ4n) is 3.75. The maximum absolute atomic E-state index is 12.6. The fraction of sp³-hybridized carbons (Fsp3) is 0.261. The van der Waals surface area contributed by atoms with Crippen molar-refractivity contribution in [1.82, 2.24) is 25.4 Å². The summed E-state index contributed by atoms with van der Waals surface area (Å²) >= 11 is 1.27. The Morgan fingerprint density at radius 3 is 2.55 bits per heavy atom. The van der Waals surface area contributed by atoms with Crippen LogP contribution in [-0.2, 0) is 16.0 Å². The lowest BCUT2D eigenvalue weighted by Crippen LogP contribution is -2.53. The number of urea groups is 1. The highest BCUT2D eigenvalue weighted by Gasteiger charge is 2.27. The standard InChI is InChI=1S/C23H24N6O3S/c1-14-8-15(2)10-16(9-14)24-21(31)13-33-23-28-27-19(29(23)18-6-4-3-5-7-18)11-17-12-20(30)26-22(32)25-17/h3-10,17H,11-13H2,1-2H3,(H,24,31)(H2,25,26,30,32). The Labute approximate surface area is 195 Å². The molecule has 170 valence electrons. The molecule has 2 heterocycles. The Bertz CT molecular complexity index is 1160. The van der Waals surface area contributed by atoms with E-state index in [0.29, 0.717) is 17.4 Å². The van der Waals surface area contributed by atoms with Crippen LogP contribution in [0.25, 0.3) is 5.69 Å². The van der Waals surface area contributed by atoms with E-state index in [9.17, 15) is 14.4 Å². The quantitative estimate of drug-likeness (QED) is 0.463. The first-order valence-electron chi connectivity index (χ1n) is 10.5. The van der Waals surface area contributed by atoms with Crippen LogP contribution in [0.1, 0.15) is 23.4 Å². The van der Waals surface area contributed by atoms with E-state index in [1.165, 1.54) is 11.8 Å². The van der Waals surface area contributed by atoms with E-state index in [1.807, 2.05) is 66.9 Å². The Hall–Kier alpha value is -3.66. The van der Waals surface area contributed by atoms with Crippen molar-refractivity contribution in [3.8, 4) is 5.69 Å². The summed E-state index contributed by atoms with van der Waals surface area (Å²) in [6.07, 6.45) is 0.491. The molecule has 1 atom stereocenters. The van der Waals surface area contributed by atoms with Crippen molar-refractivity contribution in [2.45, 2.75) is 37.9 Å². The van der Waals surface area contributed by atoms with Crippen LogP contribution in [-0.4, -0.2) is 44.4 Å². The number of nitrogens with zero attached hydrogens (tertiary/aromatic N) is 3. The van der Waals surface area contributed by atoms with E-state index in [4.69, 9.17) is 0 Å². The fourth-order valence-corrected chi connectivity index (χ4v) is 4.52. The number of nitrogens with one attached hydrogen (secondary N) is 3. The van der Waals surface area contributed by atoms with Crippen LogP contribution in [0.4, 0.5) is 10.5 Å². The minimum Gasteiger partial charge on any atom is -0.334 e. The van der Waals surface area contributed by atoms with Crippen molar-refractivity contribution in [3.63, 3.8) is 0 Å². The van der Waals surface area contributed by atoms with Gasteiger partial charge in [-0.3, -0.25) is 19.5 Å². The number of hydrogen-bond donors (Lipinski definition) is 3. The Morgan fingerprint density at radius 1 is 1.12 bits per heavy atom. The molecular weight excluding hydrogens is 440 g/mol. The summed E-state index contributed by atoms with van der Waals surface area (Å²) in [6.45, 7) is 3.97. The summed E-state index contributed by atoms with van der Waals surface area (Å²) < 4.78 is 1.85. The summed E-state index contributed by atoms with van der Waals surface area (Å²) in [6, 6.07) is 14.5. The highest BCUT2D eigenvalue weighted by Crippen LogP contribution is 2.24. The predicted molar refractivity (Wildman–Crippen MR) is 125 cm³/mol. The first-order chi connectivity index (χ1) is 15.9. The molecule has 1 aromatic heterocycles. The monoisotopic (exact) mass is 464 g/mol. The lowest BCUT2D eigenvalue weighted by atomic mass is 10.1. The molecule has 1 aliphatic rings. The van der Waals surface area contributed by atoms with Gasteiger partial charge in [-0.05, 0) is 49.2 Å². The molecule has 9 nitrogen and oxygen atoms in total. The van der Waals surface area contributed by atoms with Gasteiger partial charge in [-0.2, -0.15) is 0 Å². The third kappa shape index (κ3) is 5.78. The zero-order chi connectivity index (χ0) is 23.4. The van der Waals surface area contributed by atoms with Gasteiger partial charge in [0, 0.05) is 30.3 Å². The highest BCUT2D eigenvalue weighted by molar-refractivity contribution is 7.99. The van der Waals surface area contributed by atoms with Crippen molar-refractivity contribution in [2.75, 3.05) is 11.1 Å². The molecule has 1 fully saturated rings. The lowest BCUT2D eigenvalue weighted by Gasteiger charge is -2.23. The van der Waals surface area contributed by atoms with Crippen LogP contribution in [0.5, 0.6) is 0 Å². The van der Waals surface area contributed by atoms with Gasteiger partial charge in [0.2, 0.25) is 11.8 Å². The highest BCUT2D eigenvalue weighted by atomic mass is 32.2. The topological polar surface area (TPSA) is 118 Å². The van der Waals surface area contributed by atoms with Gasteiger partial charge in [-0.1, -0.05) is 36.0 Å². The second-order valence-electron chi connectivity index (χ2n) is 7.91. The Morgan fingerprint density at radius 2 is 1.85 bits per heavy atom. The SMILES string of the molecule is Cc1cc(C)cc(NC(=O)CSc2nnc(CC3CC(=O)NC(=O)N3)n2-c2ccccc2)c1. The Kier molecular flexibility index (Phi) is 6.74. The van der Waals surface area contributed by atoms with Crippen molar-refractivity contribution in [1.29, 1.82) is 0 Å². The number of aromatic nitrogens is 3. The van der Waals surface area contributed by atoms with Crippen LogP contribution < -0.4 is 16.0 Å². The molecule has 0 saturated carbocycles. The van der Waals surface area contributed by atoms with Crippen molar-refractivity contribution in [2.24, 2.45) is 0 Å². The number of rotatable bonds is 7. The molecular formula is C23H24N6O3S. The largest absolute Gasteiger partial charge is 0.334 e. The molecule has 1 saturated heterocycles. The number of aryl methyl sites for hydroxylation is 2. The van der Waals surface area contributed by atoms with E-state index in [-0.39, 0.29) is 30.0 Å². The average molecular weight is 465 g/mol. The van der Waals surface area contributed by atoms with Gasteiger partial charge in [0.15, 0.2) is 5.16 Å². The lowest BCUT2D eigenvalue weighted by molar-refractivity contribution is -0.121. The van der Waals surface area contributed by atoms with Crippen LogP contribution in [0.3, 0.4) is 0 Å². The molecule has 1 unspecified atom stereocenters. The summed E-state index contributed by atoms with van der Waals surface area (Å²) in [4.78, 5) is 36.0. The third-order valence-electron chi connectivity index (χ3n) is 5.00. The van der Waals surface area contributed by atoms with Crippen molar-refractivity contribution >= 4 is 35.3 Å². The predicted octanol–water partition coefficient (Wildman–Crippen LogP) is 2.76. The maximum atomic E-state index is 12.6. The molecule has 0 bridgehead atoms. The number of amides is 4. The van der Waals surface area contributed by atoms with Crippen LogP contribution in [0, 0.1) is 13.8 Å². The molecule has 2 aromatic carbocycles. The van der Waals surface area contributed by atoms with Gasteiger partial charge < -0.3 is 10.6 Å². The number of imide groups is 1. The number of anilines is 1. The molecule has 0 aliphatic carbocycles. The molecule has 4 amide bonds. The van der Waals surface area contributed by atoms with E-state index in [1.54, 1.807) is 0 Å². The summed E-state index contributed by atoms with van der Waals surface area (Å²) in [5.74, 6) is 0.275. The van der Waals surface area contributed by atoms with Crippen LogP contribution >= 0.6 is 11.8 Å². The number of carbonyl (C=O) groups excluding carboxylic acids is 3. The molecule has 0 spiro atoms. The summed E-state index contributed by atoms with van der Waals surface area (Å²) in [5, 5.41) is 17.0. The van der Waals surface area contributed by atoms with E-state index < -0.39 is 6.03 Å². The molecule has 3 aromatic rings. The molecule has 3 N–H and O–H groups in total. The molecule has 4 rings (SSSR count). The summed E-state index contributed by atoms with van der Waals surface area (Å²) in [5.41, 5.74) is 3.75. The number of para-hydroxylation sites is 1. The van der Waals surface area contributed by atoms with Gasteiger partial charge in [-0.25, -0.2) is 4.79 Å². The normalized spacial score (nSPS) is 15.6. The van der Waals surface area contributed by atoms with Gasteiger partial charge in [0.05, 0.1) is 5.75 Å². The van der Waals surface area contributed by atoms with E-state index >= 15 is 0 Å². The summed E-state index contributed by atoms with van der Waals surface area (Å²) in [7, 11) is 0. The second-order valence-corrected chi connectivity index (χ2v) is 8.85. The number of hydrogen-bond acceptors (Lipinski definition) is 6. The maximum Gasteiger partial charge on any atom is 0.321 e. The first kappa shape index (κ1) is 22.5. The minimum absolute atomic E-state index is 0.148. The Balaban J connectivity index is 1.51. The van der Waals surface area contributed by atoms with Gasteiger partial charge in [0.25, 0.3) is 0 Å². The first-order valence-corrected chi connectivity index (χ1v) is 11.5. The second kappa shape index (κ2) is 9.86. The molecule has 1 aliphatic heterocycles. The zero-order valence-electron chi connectivity index (χ0n) is 18.3. The molecule has 10 heteroatoms. The smallest absolute Gasteiger partial charge is 0.321 e. The van der Waals surface area contributed by atoms with Crippen LogP contribution in [0.2, 0.25) is 0 Å². The number of benzene rings is 2. The molecule has 33 heavy (non-hydrogen) atoms. The minimum atomic E-state index is -0.514. The third-order valence-corrected chi connectivity index (χ3v) is 5.93. The van der Waals surface area contributed by atoms with E-state index in [0.717, 1.165) is 22.5 Å². The van der Waals surface area contributed by atoms with Gasteiger partial charge in [0.1, 0.15) is 5.82 Å². The van der Waals surface area contributed by atoms with Crippen LogP contribution in [0.15, 0.2) is 53.7 Å². The zero-order valence-corrected chi connectivity index (χ0v) is 19.1. The average Bonchev–Trinajstić information content (AvgIpc) is 3.13.